The predicted molar refractivity (Wildman–Crippen MR) is 73.4 cm³/mol. The first-order chi connectivity index (χ1) is 8.99. The number of anilines is 1. The summed E-state index contributed by atoms with van der Waals surface area (Å²) in [5, 5.41) is 3.02. The Morgan fingerprint density at radius 2 is 2.26 bits per heavy atom. The maximum absolute atomic E-state index is 13.7. The molecule has 0 atom stereocenters. The summed E-state index contributed by atoms with van der Waals surface area (Å²) in [7, 11) is 0. The first kappa shape index (κ1) is 13.6. The van der Waals surface area contributed by atoms with Gasteiger partial charge in [-0.2, -0.15) is 0 Å². The molecule has 0 radical (unpaired) electrons. The standard InChI is InChI=1S/C13H12BrFN2O2/c1-7-10(15)4-8(13(16)18)5-11(7)17-6-12-9(14)2-3-19-12/h2-5,17H,6H2,1H3,(H2,16,18). The van der Waals surface area contributed by atoms with E-state index in [1.165, 1.54) is 6.07 Å². The van der Waals surface area contributed by atoms with Gasteiger partial charge in [-0.25, -0.2) is 4.39 Å². The second-order valence-electron chi connectivity index (χ2n) is 4.04. The van der Waals surface area contributed by atoms with Gasteiger partial charge in [0.15, 0.2) is 0 Å². The molecule has 1 aromatic heterocycles. The van der Waals surface area contributed by atoms with Crippen molar-refractivity contribution in [3.05, 3.63) is 51.6 Å². The molecular weight excluding hydrogens is 315 g/mol. The van der Waals surface area contributed by atoms with Crippen LogP contribution in [0.2, 0.25) is 0 Å². The van der Waals surface area contributed by atoms with E-state index >= 15 is 0 Å². The lowest BCUT2D eigenvalue weighted by Crippen LogP contribution is -2.13. The Morgan fingerprint density at radius 3 is 2.84 bits per heavy atom. The fraction of sp³-hybridized carbons (Fsp3) is 0.154. The Balaban J connectivity index is 2.24. The molecule has 100 valence electrons. The summed E-state index contributed by atoms with van der Waals surface area (Å²) in [6.45, 7) is 2.00. The van der Waals surface area contributed by atoms with Crippen LogP contribution in [0.4, 0.5) is 10.1 Å². The highest BCUT2D eigenvalue weighted by molar-refractivity contribution is 9.10. The van der Waals surface area contributed by atoms with Crippen molar-refractivity contribution < 1.29 is 13.6 Å². The number of halogens is 2. The Kier molecular flexibility index (Phi) is 3.90. The highest BCUT2D eigenvalue weighted by Gasteiger charge is 2.11. The van der Waals surface area contributed by atoms with Crippen LogP contribution in [0.5, 0.6) is 0 Å². The summed E-state index contributed by atoms with van der Waals surface area (Å²) in [6, 6.07) is 4.42. The second-order valence-corrected chi connectivity index (χ2v) is 4.89. The van der Waals surface area contributed by atoms with E-state index in [0.29, 0.717) is 23.6 Å². The molecule has 0 unspecified atom stereocenters. The third-order valence-electron chi connectivity index (χ3n) is 2.76. The van der Waals surface area contributed by atoms with Crippen LogP contribution in [-0.4, -0.2) is 5.91 Å². The van der Waals surface area contributed by atoms with Crippen LogP contribution in [0.15, 0.2) is 33.4 Å². The summed E-state index contributed by atoms with van der Waals surface area (Å²) in [4.78, 5) is 11.1. The maximum atomic E-state index is 13.7. The minimum absolute atomic E-state index is 0.129. The van der Waals surface area contributed by atoms with Gasteiger partial charge in [0.1, 0.15) is 11.6 Å². The van der Waals surface area contributed by atoms with Crippen molar-refractivity contribution in [2.75, 3.05) is 5.32 Å². The number of benzene rings is 1. The number of primary amides is 1. The Morgan fingerprint density at radius 1 is 1.53 bits per heavy atom. The van der Waals surface area contributed by atoms with Crippen LogP contribution in [-0.2, 0) is 6.54 Å². The molecule has 0 saturated carbocycles. The summed E-state index contributed by atoms with van der Waals surface area (Å²) in [5.74, 6) is -0.456. The van der Waals surface area contributed by atoms with Gasteiger partial charge in [-0.05, 0) is 41.1 Å². The smallest absolute Gasteiger partial charge is 0.248 e. The Hall–Kier alpha value is -1.82. The minimum Gasteiger partial charge on any atom is -0.466 e. The van der Waals surface area contributed by atoms with Crippen molar-refractivity contribution in [3.63, 3.8) is 0 Å². The molecule has 2 rings (SSSR count). The quantitative estimate of drug-likeness (QED) is 0.906. The molecule has 3 N–H and O–H groups in total. The molecule has 0 aliphatic heterocycles. The largest absolute Gasteiger partial charge is 0.466 e. The number of nitrogens with one attached hydrogen (secondary N) is 1. The second kappa shape index (κ2) is 5.44. The maximum Gasteiger partial charge on any atom is 0.248 e. The molecule has 19 heavy (non-hydrogen) atoms. The molecule has 0 aliphatic rings. The molecule has 0 bridgehead atoms. The first-order valence-corrected chi connectivity index (χ1v) is 6.34. The highest BCUT2D eigenvalue weighted by atomic mass is 79.9. The Labute approximate surface area is 117 Å². The monoisotopic (exact) mass is 326 g/mol. The van der Waals surface area contributed by atoms with Crippen LogP contribution < -0.4 is 11.1 Å². The fourth-order valence-electron chi connectivity index (χ4n) is 1.63. The number of nitrogens with two attached hydrogens (primary N) is 1. The van der Waals surface area contributed by atoms with Gasteiger partial charge in [0.25, 0.3) is 0 Å². The topological polar surface area (TPSA) is 68.3 Å². The molecule has 4 nitrogen and oxygen atoms in total. The number of hydrogen-bond donors (Lipinski definition) is 2. The number of carbonyl (C=O) groups excluding carboxylic acids is 1. The van der Waals surface area contributed by atoms with Crippen LogP contribution >= 0.6 is 15.9 Å². The molecule has 0 fully saturated rings. The summed E-state index contributed by atoms with van der Waals surface area (Å²) in [6.07, 6.45) is 1.55. The van der Waals surface area contributed by atoms with Crippen LogP contribution in [0.3, 0.4) is 0 Å². The normalized spacial score (nSPS) is 10.5. The van der Waals surface area contributed by atoms with Crippen LogP contribution in [0.1, 0.15) is 21.7 Å². The van der Waals surface area contributed by atoms with Crippen molar-refractivity contribution in [2.24, 2.45) is 5.73 Å². The van der Waals surface area contributed by atoms with E-state index in [9.17, 15) is 9.18 Å². The van der Waals surface area contributed by atoms with Crippen LogP contribution in [0, 0.1) is 12.7 Å². The highest BCUT2D eigenvalue weighted by Crippen LogP contribution is 2.23. The van der Waals surface area contributed by atoms with Gasteiger partial charge in [-0.15, -0.1) is 0 Å². The zero-order valence-corrected chi connectivity index (χ0v) is 11.8. The van der Waals surface area contributed by atoms with Gasteiger partial charge < -0.3 is 15.5 Å². The van der Waals surface area contributed by atoms with Gasteiger partial charge in [0, 0.05) is 16.8 Å². The summed E-state index contributed by atoms with van der Waals surface area (Å²) < 4.78 is 19.7. The average Bonchev–Trinajstić information content (AvgIpc) is 2.76. The van der Waals surface area contributed by atoms with E-state index in [1.807, 2.05) is 0 Å². The lowest BCUT2D eigenvalue weighted by molar-refractivity contribution is 0.1000. The molecule has 1 aromatic carbocycles. The number of hydrogen-bond acceptors (Lipinski definition) is 3. The molecule has 1 heterocycles. The SMILES string of the molecule is Cc1c(F)cc(C(N)=O)cc1NCc1occc1Br. The molecule has 1 amide bonds. The third kappa shape index (κ3) is 2.96. The van der Waals surface area contributed by atoms with E-state index in [0.717, 1.165) is 10.5 Å². The number of furan rings is 1. The van der Waals surface area contributed by atoms with E-state index in [2.05, 4.69) is 21.2 Å². The molecule has 0 saturated heterocycles. The van der Waals surface area contributed by atoms with E-state index in [1.54, 1.807) is 19.3 Å². The van der Waals surface area contributed by atoms with Crippen molar-refractivity contribution in [1.82, 2.24) is 0 Å². The number of rotatable bonds is 4. The fourth-order valence-corrected chi connectivity index (χ4v) is 1.97. The summed E-state index contributed by atoms with van der Waals surface area (Å²) >= 11 is 3.33. The molecule has 6 heteroatoms. The third-order valence-corrected chi connectivity index (χ3v) is 3.47. The van der Waals surface area contributed by atoms with E-state index < -0.39 is 11.7 Å². The van der Waals surface area contributed by atoms with Gasteiger partial charge in [0.2, 0.25) is 5.91 Å². The molecule has 0 spiro atoms. The zero-order chi connectivity index (χ0) is 14.0. The van der Waals surface area contributed by atoms with E-state index in [-0.39, 0.29) is 5.56 Å². The van der Waals surface area contributed by atoms with Gasteiger partial charge in [-0.1, -0.05) is 0 Å². The summed E-state index contributed by atoms with van der Waals surface area (Å²) in [5.41, 5.74) is 6.22. The Bertz CT molecular complexity index is 625. The molecule has 0 aliphatic carbocycles. The van der Waals surface area contributed by atoms with Crippen LogP contribution in [0.25, 0.3) is 0 Å². The number of amides is 1. The van der Waals surface area contributed by atoms with Gasteiger partial charge in [0.05, 0.1) is 17.3 Å². The van der Waals surface area contributed by atoms with Crippen molar-refractivity contribution in [1.29, 1.82) is 0 Å². The van der Waals surface area contributed by atoms with Crippen molar-refractivity contribution in [3.8, 4) is 0 Å². The minimum atomic E-state index is -0.666. The van der Waals surface area contributed by atoms with Gasteiger partial charge in [-0.3, -0.25) is 4.79 Å². The molecular formula is C13H12BrFN2O2. The van der Waals surface area contributed by atoms with Gasteiger partial charge >= 0.3 is 0 Å². The number of carbonyl (C=O) groups is 1. The lowest BCUT2D eigenvalue weighted by Gasteiger charge is -2.11. The predicted octanol–water partition coefficient (Wildman–Crippen LogP) is 3.20. The zero-order valence-electron chi connectivity index (χ0n) is 10.2. The lowest BCUT2D eigenvalue weighted by atomic mass is 10.1. The first-order valence-electron chi connectivity index (χ1n) is 5.54. The average molecular weight is 327 g/mol. The van der Waals surface area contributed by atoms with E-state index in [4.69, 9.17) is 10.2 Å². The van der Waals surface area contributed by atoms with Crippen molar-refractivity contribution >= 4 is 27.5 Å². The molecule has 2 aromatic rings. The van der Waals surface area contributed by atoms with Crippen molar-refractivity contribution in [2.45, 2.75) is 13.5 Å².